The number of nitrogen functional groups attached to an aromatic ring is 1. The van der Waals surface area contributed by atoms with Crippen molar-refractivity contribution in [2.24, 2.45) is 0 Å². The molecule has 130 valence electrons. The van der Waals surface area contributed by atoms with Crippen LogP contribution in [0, 0.1) is 0 Å². The predicted molar refractivity (Wildman–Crippen MR) is 102 cm³/mol. The van der Waals surface area contributed by atoms with Crippen molar-refractivity contribution in [3.05, 3.63) is 66.0 Å². The fourth-order valence-corrected chi connectivity index (χ4v) is 2.98. The monoisotopic (exact) mass is 345 g/mol. The normalized spacial score (nSPS) is 11.2. The van der Waals surface area contributed by atoms with Crippen LogP contribution in [0.15, 0.2) is 54.7 Å². The Balaban J connectivity index is 2.03. The summed E-state index contributed by atoms with van der Waals surface area (Å²) < 4.78 is 1.99. The molecule has 0 amide bonds. The van der Waals surface area contributed by atoms with E-state index in [-0.39, 0.29) is 6.61 Å². The highest BCUT2D eigenvalue weighted by atomic mass is 16.3. The molecule has 4 aromatic rings. The van der Waals surface area contributed by atoms with Crippen LogP contribution in [0.5, 0.6) is 0 Å². The van der Waals surface area contributed by atoms with Crippen molar-refractivity contribution in [3.63, 3.8) is 0 Å². The summed E-state index contributed by atoms with van der Waals surface area (Å²) in [4.78, 5) is 13.7. The number of imidazole rings is 1. The number of aryl methyl sites for hydroxylation is 1. The van der Waals surface area contributed by atoms with Crippen molar-refractivity contribution in [2.75, 3.05) is 5.73 Å². The number of hydrogen-bond acceptors (Lipinski definition) is 5. The van der Waals surface area contributed by atoms with Crippen molar-refractivity contribution in [1.82, 2.24) is 19.5 Å². The van der Waals surface area contributed by atoms with E-state index >= 15 is 0 Å². The lowest BCUT2D eigenvalue weighted by atomic mass is 10.2. The Labute approximate surface area is 151 Å². The third-order valence-electron chi connectivity index (χ3n) is 4.38. The number of benzene rings is 1. The molecule has 3 heterocycles. The molecule has 0 unspecified atom stereocenters. The molecule has 1 aromatic carbocycles. The van der Waals surface area contributed by atoms with Crippen LogP contribution in [-0.2, 0) is 13.0 Å². The smallest absolute Gasteiger partial charge is 0.165 e. The van der Waals surface area contributed by atoms with Crippen molar-refractivity contribution >= 4 is 17.0 Å². The lowest BCUT2D eigenvalue weighted by Crippen LogP contribution is -2.02. The Morgan fingerprint density at radius 3 is 2.54 bits per heavy atom. The minimum Gasteiger partial charge on any atom is -0.392 e. The molecule has 0 fully saturated rings. The number of aromatic nitrogens is 4. The van der Waals surface area contributed by atoms with Crippen LogP contribution in [0.1, 0.15) is 18.2 Å². The molecule has 0 saturated carbocycles. The molecule has 6 nitrogen and oxygen atoms in total. The quantitative estimate of drug-likeness (QED) is 0.593. The molecule has 3 N–H and O–H groups in total. The van der Waals surface area contributed by atoms with Crippen LogP contribution in [0.25, 0.3) is 28.2 Å². The van der Waals surface area contributed by atoms with Gasteiger partial charge in [-0.3, -0.25) is 4.57 Å². The van der Waals surface area contributed by atoms with E-state index < -0.39 is 0 Å². The number of hydrogen-bond donors (Lipinski definition) is 2. The summed E-state index contributed by atoms with van der Waals surface area (Å²) in [5.41, 5.74) is 11.2. The summed E-state index contributed by atoms with van der Waals surface area (Å²) in [7, 11) is 0. The van der Waals surface area contributed by atoms with Crippen molar-refractivity contribution < 1.29 is 5.11 Å². The fraction of sp³-hybridized carbons (Fsp3) is 0.150. The van der Waals surface area contributed by atoms with Gasteiger partial charge in [-0.25, -0.2) is 15.0 Å². The lowest BCUT2D eigenvalue weighted by molar-refractivity contribution is 0.282. The molecule has 26 heavy (non-hydrogen) atoms. The molecule has 0 atom stereocenters. The van der Waals surface area contributed by atoms with Gasteiger partial charge in [-0.05, 0) is 48.4 Å². The zero-order valence-electron chi connectivity index (χ0n) is 14.4. The number of anilines is 1. The van der Waals surface area contributed by atoms with Gasteiger partial charge in [0.2, 0.25) is 0 Å². The number of pyridine rings is 2. The molecule has 0 aliphatic rings. The molecule has 0 spiro atoms. The van der Waals surface area contributed by atoms with Crippen LogP contribution in [-0.4, -0.2) is 24.6 Å². The van der Waals surface area contributed by atoms with E-state index in [0.29, 0.717) is 11.6 Å². The molecule has 0 radical (unpaired) electrons. The van der Waals surface area contributed by atoms with Gasteiger partial charge in [-0.15, -0.1) is 0 Å². The summed E-state index contributed by atoms with van der Waals surface area (Å²) in [5.74, 6) is 1.12. The summed E-state index contributed by atoms with van der Waals surface area (Å²) >= 11 is 0. The topological polar surface area (TPSA) is 89.8 Å². The molecule has 4 rings (SSSR count). The van der Waals surface area contributed by atoms with Crippen LogP contribution < -0.4 is 5.73 Å². The predicted octanol–water partition coefficient (Wildman–Crippen LogP) is 3.12. The van der Waals surface area contributed by atoms with E-state index in [2.05, 4.69) is 11.9 Å². The lowest BCUT2D eigenvalue weighted by Gasteiger charge is -2.11. The van der Waals surface area contributed by atoms with Gasteiger partial charge < -0.3 is 10.8 Å². The average Bonchev–Trinajstić information content (AvgIpc) is 3.06. The zero-order chi connectivity index (χ0) is 18.1. The van der Waals surface area contributed by atoms with Gasteiger partial charge in [-0.1, -0.05) is 19.1 Å². The number of rotatable bonds is 4. The Hall–Kier alpha value is -3.25. The number of fused-ring (bicyclic) bond motifs is 1. The SMILES string of the molecule is CCc1ccc2nc(-c3cccnc3N)n(-c3ccc(CO)cc3)c2n1. The average molecular weight is 345 g/mol. The molecule has 0 bridgehead atoms. The van der Waals surface area contributed by atoms with Gasteiger partial charge in [0.1, 0.15) is 11.3 Å². The first-order valence-electron chi connectivity index (χ1n) is 8.50. The first kappa shape index (κ1) is 16.2. The number of nitrogens with zero attached hydrogens (tertiary/aromatic N) is 4. The zero-order valence-corrected chi connectivity index (χ0v) is 14.4. The number of nitrogens with two attached hydrogens (primary N) is 1. The molecule has 0 aliphatic carbocycles. The van der Waals surface area contributed by atoms with Crippen LogP contribution >= 0.6 is 0 Å². The van der Waals surface area contributed by atoms with Gasteiger partial charge in [0.15, 0.2) is 11.5 Å². The molecular weight excluding hydrogens is 326 g/mol. The first-order chi connectivity index (χ1) is 12.7. The van der Waals surface area contributed by atoms with E-state index in [1.165, 1.54) is 0 Å². The highest BCUT2D eigenvalue weighted by Gasteiger charge is 2.18. The Bertz CT molecular complexity index is 1070. The van der Waals surface area contributed by atoms with E-state index in [0.717, 1.165) is 40.1 Å². The first-order valence-corrected chi connectivity index (χ1v) is 8.50. The summed E-state index contributed by atoms with van der Waals surface area (Å²) in [6.07, 6.45) is 2.50. The second-order valence-electron chi connectivity index (χ2n) is 6.03. The maximum Gasteiger partial charge on any atom is 0.165 e. The minimum absolute atomic E-state index is 0.00556. The van der Waals surface area contributed by atoms with Crippen LogP contribution in [0.3, 0.4) is 0 Å². The third-order valence-corrected chi connectivity index (χ3v) is 4.38. The van der Waals surface area contributed by atoms with E-state index in [1.807, 2.05) is 53.1 Å². The molecule has 3 aromatic heterocycles. The summed E-state index contributed by atoms with van der Waals surface area (Å²) in [6, 6.07) is 15.4. The van der Waals surface area contributed by atoms with Crippen molar-refractivity contribution in [3.8, 4) is 17.1 Å². The van der Waals surface area contributed by atoms with E-state index in [1.54, 1.807) is 6.20 Å². The van der Waals surface area contributed by atoms with E-state index in [9.17, 15) is 5.11 Å². The maximum absolute atomic E-state index is 9.31. The summed E-state index contributed by atoms with van der Waals surface area (Å²) in [5, 5.41) is 9.31. The second-order valence-corrected chi connectivity index (χ2v) is 6.03. The summed E-state index contributed by atoms with van der Waals surface area (Å²) in [6.45, 7) is 2.08. The Morgan fingerprint density at radius 2 is 1.85 bits per heavy atom. The maximum atomic E-state index is 9.31. The molecular formula is C20H19N5O. The van der Waals surface area contributed by atoms with Crippen LogP contribution in [0.4, 0.5) is 5.82 Å². The van der Waals surface area contributed by atoms with Gasteiger partial charge in [0, 0.05) is 17.6 Å². The van der Waals surface area contributed by atoms with Gasteiger partial charge in [0.25, 0.3) is 0 Å². The molecule has 0 aliphatic heterocycles. The van der Waals surface area contributed by atoms with E-state index in [4.69, 9.17) is 15.7 Å². The number of aliphatic hydroxyl groups excluding tert-OH is 1. The van der Waals surface area contributed by atoms with Crippen LogP contribution in [0.2, 0.25) is 0 Å². The highest BCUT2D eigenvalue weighted by molar-refractivity contribution is 5.82. The third kappa shape index (κ3) is 2.70. The fourth-order valence-electron chi connectivity index (χ4n) is 2.98. The van der Waals surface area contributed by atoms with Gasteiger partial charge in [-0.2, -0.15) is 0 Å². The highest BCUT2D eigenvalue weighted by Crippen LogP contribution is 2.30. The largest absolute Gasteiger partial charge is 0.392 e. The van der Waals surface area contributed by atoms with Crippen molar-refractivity contribution in [2.45, 2.75) is 20.0 Å². The molecule has 0 saturated heterocycles. The van der Waals surface area contributed by atoms with Gasteiger partial charge >= 0.3 is 0 Å². The van der Waals surface area contributed by atoms with Gasteiger partial charge in [0.05, 0.1) is 12.2 Å². The molecule has 6 heteroatoms. The Kier molecular flexibility index (Phi) is 4.10. The Morgan fingerprint density at radius 1 is 1.04 bits per heavy atom. The standard InChI is InChI=1S/C20H19N5O/c1-2-14-7-10-17-20(23-14)25(15-8-5-13(12-26)6-9-15)19(24-17)16-4-3-11-22-18(16)21/h3-11,26H,2,12H2,1H3,(H2,21,22). The number of aliphatic hydroxyl groups is 1. The minimum atomic E-state index is 0.00556. The van der Waals surface area contributed by atoms with Crippen molar-refractivity contribution in [1.29, 1.82) is 0 Å². The second kappa shape index (κ2) is 6.57.